The fourth-order valence-corrected chi connectivity index (χ4v) is 5.57. The highest BCUT2D eigenvalue weighted by atomic mass is 79.9. The van der Waals surface area contributed by atoms with Crippen LogP contribution in [0.5, 0.6) is 0 Å². The third-order valence-electron chi connectivity index (χ3n) is 5.25. The molecule has 1 N–H and O–H groups in total. The molecule has 6 heteroatoms. The van der Waals surface area contributed by atoms with E-state index in [1.807, 2.05) is 25.1 Å². The number of rotatable bonds is 2. The number of carbonyl (C=O) groups excluding carboxylic acids is 2. The molecular weight excluding hydrogens is 414 g/mol. The lowest BCUT2D eigenvalue weighted by atomic mass is 9.79. The van der Waals surface area contributed by atoms with Crippen molar-refractivity contribution in [3.05, 3.63) is 28.2 Å². The Morgan fingerprint density at radius 3 is 2.86 bits per heavy atom. The SMILES string of the molecule is Cc1cc(NC(=O)[C@@H]2[C@H]3C[C@H]4[C@H](OC(=O)[C@@H]42)[C@@H]3Br)ccc1Br. The molecule has 1 saturated heterocycles. The molecule has 0 spiro atoms. The first kappa shape index (κ1) is 14.7. The third-order valence-corrected chi connectivity index (χ3v) is 7.34. The Morgan fingerprint density at radius 1 is 1.36 bits per heavy atom. The fourth-order valence-electron chi connectivity index (χ4n) is 4.28. The molecule has 22 heavy (non-hydrogen) atoms. The lowest BCUT2D eigenvalue weighted by Crippen LogP contribution is -2.40. The van der Waals surface area contributed by atoms with Gasteiger partial charge in [0.25, 0.3) is 0 Å². The van der Waals surface area contributed by atoms with Gasteiger partial charge in [-0.2, -0.15) is 0 Å². The molecule has 1 amide bonds. The second-order valence-electron chi connectivity index (χ2n) is 6.41. The van der Waals surface area contributed by atoms with Crippen LogP contribution in [-0.2, 0) is 14.3 Å². The molecule has 2 bridgehead atoms. The quantitative estimate of drug-likeness (QED) is 0.581. The molecule has 2 aliphatic carbocycles. The van der Waals surface area contributed by atoms with E-state index >= 15 is 0 Å². The molecule has 0 radical (unpaired) electrons. The first-order valence-electron chi connectivity index (χ1n) is 7.39. The Labute approximate surface area is 145 Å². The average Bonchev–Trinajstić information content (AvgIpc) is 3.07. The summed E-state index contributed by atoms with van der Waals surface area (Å²) in [5.74, 6) is -0.440. The minimum Gasteiger partial charge on any atom is -0.461 e. The molecular formula is C16H15Br2NO3. The van der Waals surface area contributed by atoms with E-state index in [2.05, 4.69) is 37.2 Å². The van der Waals surface area contributed by atoms with Gasteiger partial charge in [0.05, 0.1) is 16.7 Å². The van der Waals surface area contributed by atoms with Gasteiger partial charge in [0.2, 0.25) is 5.91 Å². The van der Waals surface area contributed by atoms with Gasteiger partial charge in [0, 0.05) is 16.1 Å². The number of amides is 1. The smallest absolute Gasteiger partial charge is 0.310 e. The Morgan fingerprint density at radius 2 is 2.14 bits per heavy atom. The van der Waals surface area contributed by atoms with Gasteiger partial charge in [-0.15, -0.1) is 0 Å². The highest BCUT2D eigenvalue weighted by Crippen LogP contribution is 2.60. The van der Waals surface area contributed by atoms with Crippen molar-refractivity contribution in [3.8, 4) is 0 Å². The van der Waals surface area contributed by atoms with Crippen LogP contribution < -0.4 is 5.32 Å². The number of fused-ring (bicyclic) bond motifs is 1. The first-order chi connectivity index (χ1) is 10.5. The second kappa shape index (κ2) is 5.06. The van der Waals surface area contributed by atoms with Crippen LogP contribution in [0.25, 0.3) is 0 Å². The summed E-state index contributed by atoms with van der Waals surface area (Å²) < 4.78 is 6.45. The molecule has 3 fully saturated rings. The predicted octanol–water partition coefficient (Wildman–Crippen LogP) is 3.27. The van der Waals surface area contributed by atoms with E-state index in [9.17, 15) is 9.59 Å². The van der Waals surface area contributed by atoms with E-state index in [1.54, 1.807) is 0 Å². The number of hydrogen-bond donors (Lipinski definition) is 1. The van der Waals surface area contributed by atoms with E-state index in [-0.39, 0.29) is 46.5 Å². The predicted molar refractivity (Wildman–Crippen MR) is 88.7 cm³/mol. The van der Waals surface area contributed by atoms with Gasteiger partial charge in [0.1, 0.15) is 6.10 Å². The number of carbonyl (C=O) groups is 2. The molecule has 6 atom stereocenters. The molecule has 1 aromatic carbocycles. The molecule has 3 aliphatic rings. The van der Waals surface area contributed by atoms with Crippen LogP contribution in [0.1, 0.15) is 12.0 Å². The number of hydrogen-bond acceptors (Lipinski definition) is 3. The fraction of sp³-hybridized carbons (Fsp3) is 0.500. The standard InChI is InChI=1S/C16H15Br2NO3/c1-6-4-7(2-3-10(6)17)19-15(20)11-8-5-9-12(11)16(21)22-14(9)13(8)18/h2-4,8-9,11-14H,5H2,1H3,(H,19,20)/t8-,9-,11-,12+,13-,14+/m1/s1. The van der Waals surface area contributed by atoms with Gasteiger partial charge in [-0.25, -0.2) is 0 Å². The summed E-state index contributed by atoms with van der Waals surface area (Å²) in [7, 11) is 0. The van der Waals surface area contributed by atoms with Crippen LogP contribution in [0.4, 0.5) is 5.69 Å². The second-order valence-corrected chi connectivity index (χ2v) is 8.33. The topological polar surface area (TPSA) is 55.4 Å². The number of nitrogens with one attached hydrogen (secondary N) is 1. The van der Waals surface area contributed by atoms with Crippen LogP contribution >= 0.6 is 31.9 Å². The Bertz CT molecular complexity index is 677. The van der Waals surface area contributed by atoms with Crippen molar-refractivity contribution in [2.24, 2.45) is 23.7 Å². The van der Waals surface area contributed by atoms with Crippen molar-refractivity contribution in [2.45, 2.75) is 24.3 Å². The van der Waals surface area contributed by atoms with Gasteiger partial charge in [-0.1, -0.05) is 31.9 Å². The van der Waals surface area contributed by atoms with Gasteiger partial charge in [-0.05, 0) is 43.0 Å². The van der Waals surface area contributed by atoms with Crippen LogP contribution in [0.15, 0.2) is 22.7 Å². The van der Waals surface area contributed by atoms with Crippen molar-refractivity contribution in [1.29, 1.82) is 0 Å². The highest BCUT2D eigenvalue weighted by Gasteiger charge is 2.67. The molecule has 1 aromatic rings. The van der Waals surface area contributed by atoms with E-state index < -0.39 is 0 Å². The number of ether oxygens (including phenoxy) is 1. The van der Waals surface area contributed by atoms with Crippen molar-refractivity contribution in [2.75, 3.05) is 5.32 Å². The van der Waals surface area contributed by atoms with Crippen molar-refractivity contribution in [1.82, 2.24) is 0 Å². The molecule has 4 nitrogen and oxygen atoms in total. The normalized spacial score (nSPS) is 38.2. The molecule has 0 aromatic heterocycles. The summed E-state index contributed by atoms with van der Waals surface area (Å²) in [6, 6.07) is 5.71. The summed E-state index contributed by atoms with van der Waals surface area (Å²) in [5, 5.41) is 2.97. The van der Waals surface area contributed by atoms with Crippen LogP contribution in [0.2, 0.25) is 0 Å². The maximum Gasteiger partial charge on any atom is 0.310 e. The number of alkyl halides is 1. The van der Waals surface area contributed by atoms with Gasteiger partial charge in [-0.3, -0.25) is 9.59 Å². The van der Waals surface area contributed by atoms with E-state index in [1.165, 1.54) is 0 Å². The van der Waals surface area contributed by atoms with E-state index in [0.29, 0.717) is 0 Å². The summed E-state index contributed by atoms with van der Waals surface area (Å²) in [4.78, 5) is 24.9. The minimum absolute atomic E-state index is 0.0403. The maximum absolute atomic E-state index is 12.7. The summed E-state index contributed by atoms with van der Waals surface area (Å²) in [5.41, 5.74) is 1.83. The van der Waals surface area contributed by atoms with Crippen LogP contribution in [0.3, 0.4) is 0 Å². The van der Waals surface area contributed by atoms with Crippen molar-refractivity contribution in [3.63, 3.8) is 0 Å². The molecule has 1 heterocycles. The lowest BCUT2D eigenvalue weighted by Gasteiger charge is -2.27. The van der Waals surface area contributed by atoms with Gasteiger partial charge in [0.15, 0.2) is 0 Å². The summed E-state index contributed by atoms with van der Waals surface area (Å²) in [6.07, 6.45) is 0.857. The molecule has 4 rings (SSSR count). The van der Waals surface area contributed by atoms with Crippen LogP contribution in [-0.4, -0.2) is 22.8 Å². The lowest BCUT2D eigenvalue weighted by molar-refractivity contribution is -0.145. The minimum atomic E-state index is -0.287. The Kier molecular flexibility index (Phi) is 3.38. The monoisotopic (exact) mass is 427 g/mol. The number of aryl methyl sites for hydroxylation is 1. The highest BCUT2D eigenvalue weighted by molar-refractivity contribution is 9.10. The van der Waals surface area contributed by atoms with Gasteiger partial charge < -0.3 is 10.1 Å². The Hall–Kier alpha value is -0.880. The summed E-state index contributed by atoms with van der Waals surface area (Å²) >= 11 is 7.08. The van der Waals surface area contributed by atoms with E-state index in [0.717, 1.165) is 22.1 Å². The van der Waals surface area contributed by atoms with Gasteiger partial charge >= 0.3 is 5.97 Å². The average molecular weight is 429 g/mol. The zero-order valence-corrected chi connectivity index (χ0v) is 15.1. The third kappa shape index (κ3) is 1.99. The van der Waals surface area contributed by atoms with Crippen molar-refractivity contribution < 1.29 is 14.3 Å². The largest absolute Gasteiger partial charge is 0.461 e. The molecule has 116 valence electrons. The van der Waals surface area contributed by atoms with Crippen LogP contribution in [0, 0.1) is 30.6 Å². The van der Waals surface area contributed by atoms with Crippen molar-refractivity contribution >= 4 is 49.4 Å². The summed E-state index contributed by atoms with van der Waals surface area (Å²) in [6.45, 7) is 1.98. The number of benzene rings is 1. The molecule has 0 unspecified atom stereocenters. The zero-order valence-electron chi connectivity index (χ0n) is 11.9. The van der Waals surface area contributed by atoms with E-state index in [4.69, 9.17) is 4.74 Å². The number of anilines is 1. The number of halogens is 2. The first-order valence-corrected chi connectivity index (χ1v) is 9.10. The maximum atomic E-state index is 12.7. The molecule has 1 aliphatic heterocycles. The molecule has 2 saturated carbocycles. The number of esters is 1. The zero-order chi connectivity index (χ0) is 15.6. The Balaban J connectivity index is 1.58.